The van der Waals surface area contributed by atoms with Gasteiger partial charge in [-0.15, -0.1) is 10.2 Å². The Hall–Kier alpha value is -3.46. The fourth-order valence-electron chi connectivity index (χ4n) is 2.44. The average Bonchev–Trinajstić information content (AvgIpc) is 3.11. The minimum absolute atomic E-state index is 0.251. The second kappa shape index (κ2) is 8.28. The molecule has 2 aromatic carbocycles. The molecule has 0 spiro atoms. The third kappa shape index (κ3) is 5.02. The van der Waals surface area contributed by atoms with Crippen molar-refractivity contribution in [2.45, 2.75) is 26.8 Å². The van der Waals surface area contributed by atoms with E-state index in [-0.39, 0.29) is 5.56 Å². The summed E-state index contributed by atoms with van der Waals surface area (Å²) in [7, 11) is 0. The molecule has 6 heteroatoms. The fourth-order valence-corrected chi connectivity index (χ4v) is 2.44. The minimum atomic E-state index is -0.945. The maximum atomic E-state index is 10.9. The Morgan fingerprint density at radius 1 is 1.19 bits per heavy atom. The maximum Gasteiger partial charge on any atom is 0.335 e. The van der Waals surface area contributed by atoms with E-state index in [0.29, 0.717) is 18.3 Å². The molecule has 0 aliphatic heterocycles. The third-order valence-corrected chi connectivity index (χ3v) is 3.84. The number of carboxylic acids is 1. The van der Waals surface area contributed by atoms with Crippen LogP contribution in [0.1, 0.15) is 41.8 Å². The summed E-state index contributed by atoms with van der Waals surface area (Å²) in [5.74, 6) is 6.48. The van der Waals surface area contributed by atoms with Gasteiger partial charge in [-0.25, -0.2) is 4.79 Å². The van der Waals surface area contributed by atoms with Crippen molar-refractivity contribution in [3.05, 3.63) is 65.2 Å². The first-order valence-electron chi connectivity index (χ1n) is 8.70. The smallest absolute Gasteiger partial charge is 0.335 e. The predicted octanol–water partition coefficient (Wildman–Crippen LogP) is 3.48. The van der Waals surface area contributed by atoms with E-state index in [1.54, 1.807) is 24.3 Å². The molecule has 0 radical (unpaired) electrons. The first kappa shape index (κ1) is 18.3. The second-order valence-electron chi connectivity index (χ2n) is 6.63. The van der Waals surface area contributed by atoms with Gasteiger partial charge in [-0.05, 0) is 41.0 Å². The van der Waals surface area contributed by atoms with Crippen molar-refractivity contribution < 1.29 is 9.90 Å². The fraction of sp³-hybridized carbons (Fsp3) is 0.238. The van der Waals surface area contributed by atoms with Crippen LogP contribution in [0.4, 0.5) is 0 Å². The summed E-state index contributed by atoms with van der Waals surface area (Å²) in [6, 6.07) is 14.4. The number of aromatic carboxylic acids is 1. The average molecular weight is 360 g/mol. The molecule has 0 atom stereocenters. The number of rotatable bonds is 5. The highest BCUT2D eigenvalue weighted by Gasteiger charge is 2.08. The lowest BCUT2D eigenvalue weighted by Crippen LogP contribution is -2.04. The highest BCUT2D eigenvalue weighted by atomic mass is 16.4. The van der Waals surface area contributed by atoms with Gasteiger partial charge in [-0.1, -0.05) is 50.0 Å². The van der Waals surface area contributed by atoms with Gasteiger partial charge in [0.2, 0.25) is 5.82 Å². The van der Waals surface area contributed by atoms with Gasteiger partial charge in [-0.2, -0.15) is 4.80 Å². The van der Waals surface area contributed by atoms with E-state index in [2.05, 4.69) is 41.1 Å². The van der Waals surface area contributed by atoms with Crippen LogP contribution in [0.2, 0.25) is 0 Å². The number of nitrogens with zero attached hydrogens (tertiary/aromatic N) is 4. The molecule has 0 saturated carbocycles. The molecule has 1 aromatic heterocycles. The van der Waals surface area contributed by atoms with Gasteiger partial charge < -0.3 is 5.11 Å². The summed E-state index contributed by atoms with van der Waals surface area (Å²) in [6.07, 6.45) is 0.860. The minimum Gasteiger partial charge on any atom is -0.478 e. The number of carboxylic acid groups (broad SMARTS) is 1. The molecule has 136 valence electrons. The van der Waals surface area contributed by atoms with Crippen molar-refractivity contribution in [1.82, 2.24) is 20.2 Å². The molecule has 6 nitrogen and oxygen atoms in total. The molecule has 0 amide bonds. The lowest BCUT2D eigenvalue weighted by Gasteiger charge is -2.00. The molecular formula is C21H20N4O2. The van der Waals surface area contributed by atoms with E-state index in [9.17, 15) is 4.79 Å². The van der Waals surface area contributed by atoms with Gasteiger partial charge in [0.05, 0.1) is 12.1 Å². The molecular weight excluding hydrogens is 340 g/mol. The molecule has 1 heterocycles. The van der Waals surface area contributed by atoms with Crippen LogP contribution in [-0.4, -0.2) is 31.3 Å². The maximum absolute atomic E-state index is 10.9. The first-order chi connectivity index (χ1) is 13.0. The van der Waals surface area contributed by atoms with Gasteiger partial charge in [0.25, 0.3) is 0 Å². The summed E-state index contributed by atoms with van der Waals surface area (Å²) >= 11 is 0. The number of carbonyl (C=O) groups is 1. The normalized spacial score (nSPS) is 10.5. The standard InChI is InChI=1S/C21H20N4O2/c1-15(2)5-3-6-16-7-4-8-19(13-16)20-22-24-25(23-20)14-17-9-11-18(12-10-17)21(26)27/h4,7-13,15H,5,14H2,1-2H3,(H,26,27). The molecule has 0 fully saturated rings. The molecule has 0 bridgehead atoms. The monoisotopic (exact) mass is 360 g/mol. The van der Waals surface area contributed by atoms with Crippen LogP contribution in [0.3, 0.4) is 0 Å². The van der Waals surface area contributed by atoms with E-state index < -0.39 is 5.97 Å². The predicted molar refractivity (Wildman–Crippen MR) is 102 cm³/mol. The Morgan fingerprint density at radius 3 is 2.67 bits per heavy atom. The number of hydrogen-bond acceptors (Lipinski definition) is 4. The third-order valence-electron chi connectivity index (χ3n) is 3.84. The van der Waals surface area contributed by atoms with Crippen LogP contribution in [-0.2, 0) is 6.54 Å². The summed E-state index contributed by atoms with van der Waals surface area (Å²) in [6.45, 7) is 4.70. The lowest BCUT2D eigenvalue weighted by atomic mass is 10.1. The van der Waals surface area contributed by atoms with Crippen molar-refractivity contribution in [2.75, 3.05) is 0 Å². The number of tetrazole rings is 1. The highest BCUT2D eigenvalue weighted by Crippen LogP contribution is 2.15. The van der Waals surface area contributed by atoms with Crippen LogP contribution in [0, 0.1) is 17.8 Å². The van der Waals surface area contributed by atoms with Crippen molar-refractivity contribution >= 4 is 5.97 Å². The largest absolute Gasteiger partial charge is 0.478 e. The second-order valence-corrected chi connectivity index (χ2v) is 6.63. The summed E-state index contributed by atoms with van der Waals surface area (Å²) in [4.78, 5) is 12.4. The zero-order valence-corrected chi connectivity index (χ0v) is 15.3. The van der Waals surface area contributed by atoms with Crippen molar-refractivity contribution in [2.24, 2.45) is 5.92 Å². The van der Waals surface area contributed by atoms with Crippen LogP contribution in [0.5, 0.6) is 0 Å². The Labute approximate surface area is 157 Å². The molecule has 0 aliphatic carbocycles. The Morgan fingerprint density at radius 2 is 1.96 bits per heavy atom. The van der Waals surface area contributed by atoms with E-state index in [4.69, 9.17) is 5.11 Å². The van der Waals surface area contributed by atoms with Crippen molar-refractivity contribution in [3.8, 4) is 23.2 Å². The van der Waals surface area contributed by atoms with Crippen molar-refractivity contribution in [1.29, 1.82) is 0 Å². The van der Waals surface area contributed by atoms with E-state index in [0.717, 1.165) is 23.1 Å². The summed E-state index contributed by atoms with van der Waals surface area (Å²) in [5, 5.41) is 21.6. The molecule has 0 aliphatic rings. The van der Waals surface area contributed by atoms with Gasteiger partial charge in [0.1, 0.15) is 0 Å². The van der Waals surface area contributed by atoms with Crippen LogP contribution >= 0.6 is 0 Å². The van der Waals surface area contributed by atoms with Crippen LogP contribution < -0.4 is 0 Å². The van der Waals surface area contributed by atoms with Crippen molar-refractivity contribution in [3.63, 3.8) is 0 Å². The Kier molecular flexibility index (Phi) is 5.62. The number of benzene rings is 2. The lowest BCUT2D eigenvalue weighted by molar-refractivity contribution is 0.0697. The SMILES string of the molecule is CC(C)CC#Cc1cccc(-c2nnn(Cc3ccc(C(=O)O)cc3)n2)c1. The van der Waals surface area contributed by atoms with Crippen LogP contribution in [0.25, 0.3) is 11.4 Å². The molecule has 3 rings (SSSR count). The van der Waals surface area contributed by atoms with E-state index >= 15 is 0 Å². The van der Waals surface area contributed by atoms with E-state index in [1.807, 2.05) is 24.3 Å². The number of hydrogen-bond donors (Lipinski definition) is 1. The van der Waals surface area contributed by atoms with Crippen LogP contribution in [0.15, 0.2) is 48.5 Å². The van der Waals surface area contributed by atoms with E-state index in [1.165, 1.54) is 4.80 Å². The summed E-state index contributed by atoms with van der Waals surface area (Å²) in [5.41, 5.74) is 2.94. The Balaban J connectivity index is 1.73. The highest BCUT2D eigenvalue weighted by molar-refractivity contribution is 5.87. The summed E-state index contributed by atoms with van der Waals surface area (Å²) < 4.78 is 0. The quantitative estimate of drug-likeness (QED) is 0.705. The molecule has 27 heavy (non-hydrogen) atoms. The topological polar surface area (TPSA) is 80.9 Å². The zero-order chi connectivity index (χ0) is 19.2. The molecule has 0 unspecified atom stereocenters. The van der Waals surface area contributed by atoms with Gasteiger partial charge in [-0.3, -0.25) is 0 Å². The number of aromatic nitrogens is 4. The van der Waals surface area contributed by atoms with Gasteiger partial charge in [0, 0.05) is 17.5 Å². The zero-order valence-electron chi connectivity index (χ0n) is 15.3. The molecule has 1 N–H and O–H groups in total. The Bertz CT molecular complexity index is 995. The molecule has 0 saturated heterocycles. The first-order valence-corrected chi connectivity index (χ1v) is 8.70. The van der Waals surface area contributed by atoms with Gasteiger partial charge >= 0.3 is 5.97 Å². The molecule has 3 aromatic rings. The van der Waals surface area contributed by atoms with Gasteiger partial charge in [0.15, 0.2) is 0 Å².